The van der Waals surface area contributed by atoms with Crippen LogP contribution in [0.3, 0.4) is 0 Å². The zero-order valence-electron chi connectivity index (χ0n) is 33.8. The Balaban J connectivity index is -0.000000768. The number of halogens is 6. The lowest BCUT2D eigenvalue weighted by molar-refractivity contribution is 0.185. The molecule has 8 N–H and O–H groups in total. The van der Waals surface area contributed by atoms with Crippen LogP contribution in [-0.2, 0) is 27.2 Å². The van der Waals surface area contributed by atoms with Crippen LogP contribution >= 0.6 is 89.6 Å². The molecule has 2 atom stereocenters. The average Bonchev–Trinajstić information content (AvgIpc) is 3.10. The summed E-state index contributed by atoms with van der Waals surface area (Å²) in [5.41, 5.74) is 23.0. The fourth-order valence-corrected chi connectivity index (χ4v) is 8.31. The van der Waals surface area contributed by atoms with Gasteiger partial charge in [0.2, 0.25) is 0 Å². The molecule has 0 saturated heterocycles. The van der Waals surface area contributed by atoms with Crippen LogP contribution in [0.4, 0.5) is 0 Å². The second-order valence-electron chi connectivity index (χ2n) is 12.4. The van der Waals surface area contributed by atoms with E-state index in [9.17, 15) is 9.13 Å². The van der Waals surface area contributed by atoms with Crippen molar-refractivity contribution in [2.45, 2.75) is 97.3 Å². The van der Waals surface area contributed by atoms with E-state index in [0.29, 0.717) is 90.9 Å². The molecule has 0 spiro atoms. The second kappa shape index (κ2) is 51.4. The van der Waals surface area contributed by atoms with E-state index in [1.807, 2.05) is 0 Å². The topological polar surface area (TPSA) is 182 Å². The van der Waals surface area contributed by atoms with Crippen molar-refractivity contribution in [3.63, 3.8) is 0 Å². The van der Waals surface area contributed by atoms with Gasteiger partial charge in [-0.2, -0.15) is 0 Å². The number of nitrogens with zero attached hydrogens (tertiary/aromatic N) is 2. The van der Waals surface area contributed by atoms with Gasteiger partial charge in [-0.05, 0) is 136 Å². The summed E-state index contributed by atoms with van der Waals surface area (Å²) in [5, 5.41) is 0. The van der Waals surface area contributed by atoms with Crippen molar-refractivity contribution < 1.29 is 27.2 Å². The Kier molecular flexibility index (Phi) is 66.2. The first kappa shape index (κ1) is 70.8. The van der Waals surface area contributed by atoms with Gasteiger partial charge < -0.3 is 50.8 Å². The smallest absolute Gasteiger partial charge is 0.330 e. The predicted octanol–water partition coefficient (Wildman–Crippen LogP) is 8.63. The molecule has 55 heavy (non-hydrogen) atoms. The standard InChI is InChI=1S/C35H76N6O6P2.6ClH/c1-3-5-7-9-12-30-44-48(42,34-28-40(24-16-20-36)25-17-21-37)46-32-14-11-15-33-47-49(43,45-31-13-10-8-6-4-2)35-29-41(26-18-22-38)27-19-23-39;;;;;;/h5-8H,3-4,9-39H2,1-2H3;6*1H/b7-5-,8-6-;;;;;;. The molecule has 0 amide bonds. The number of hydrogen-bond acceptors (Lipinski definition) is 12. The molecular weight excluding hydrogens is 875 g/mol. The highest BCUT2D eigenvalue weighted by Gasteiger charge is 2.27. The normalized spacial score (nSPS) is 13.2. The molecule has 0 aliphatic carbocycles. The molecular formula is C35H82Cl6N6O6P2. The summed E-state index contributed by atoms with van der Waals surface area (Å²) in [5.74, 6) is 0. The summed E-state index contributed by atoms with van der Waals surface area (Å²) in [7, 11) is -6.57. The molecule has 0 bridgehead atoms. The third-order valence-electron chi connectivity index (χ3n) is 7.87. The lowest BCUT2D eigenvalue weighted by Crippen LogP contribution is -2.31. The monoisotopic (exact) mass is 954 g/mol. The van der Waals surface area contributed by atoms with Gasteiger partial charge in [0.1, 0.15) is 0 Å². The van der Waals surface area contributed by atoms with Gasteiger partial charge in [-0.1, -0.05) is 38.2 Å². The maximum Gasteiger partial charge on any atom is 0.331 e. The predicted molar refractivity (Wildman–Crippen MR) is 251 cm³/mol. The maximum atomic E-state index is 13.8. The van der Waals surface area contributed by atoms with Crippen molar-refractivity contribution in [1.82, 2.24) is 9.80 Å². The molecule has 0 fully saturated rings. The Labute approximate surface area is 373 Å². The summed E-state index contributed by atoms with van der Waals surface area (Å²) in [6.45, 7) is 12.7. The van der Waals surface area contributed by atoms with Crippen LogP contribution in [0.25, 0.3) is 0 Å². The Morgan fingerprint density at radius 3 is 0.982 bits per heavy atom. The molecule has 0 aliphatic rings. The summed E-state index contributed by atoms with van der Waals surface area (Å²) >= 11 is 0. The zero-order valence-corrected chi connectivity index (χ0v) is 40.5. The largest absolute Gasteiger partial charge is 0.331 e. The molecule has 0 saturated carbocycles. The number of allylic oxidation sites excluding steroid dienone is 4. The van der Waals surface area contributed by atoms with Gasteiger partial charge in [0, 0.05) is 13.1 Å². The molecule has 20 heteroatoms. The first-order chi connectivity index (χ1) is 23.8. The van der Waals surface area contributed by atoms with Crippen molar-refractivity contribution in [2.75, 3.05) is 104 Å². The summed E-state index contributed by atoms with van der Waals surface area (Å²) in [6, 6.07) is 0. The van der Waals surface area contributed by atoms with Gasteiger partial charge in [0.15, 0.2) is 0 Å². The highest BCUT2D eigenvalue weighted by molar-refractivity contribution is 7.54. The van der Waals surface area contributed by atoms with Crippen LogP contribution in [0.15, 0.2) is 24.3 Å². The molecule has 0 aromatic heterocycles. The van der Waals surface area contributed by atoms with Crippen molar-refractivity contribution in [2.24, 2.45) is 22.9 Å². The Morgan fingerprint density at radius 2 is 0.709 bits per heavy atom. The van der Waals surface area contributed by atoms with Gasteiger partial charge in [-0.25, -0.2) is 0 Å². The maximum absolute atomic E-state index is 13.8. The molecule has 12 nitrogen and oxygen atoms in total. The van der Waals surface area contributed by atoms with Crippen molar-refractivity contribution in [1.29, 1.82) is 0 Å². The van der Waals surface area contributed by atoms with Crippen molar-refractivity contribution in [3.05, 3.63) is 24.3 Å². The van der Waals surface area contributed by atoms with Gasteiger partial charge >= 0.3 is 15.2 Å². The van der Waals surface area contributed by atoms with E-state index in [0.717, 1.165) is 96.8 Å². The SMILES string of the molecule is CC/C=C\CCCOP(=O)(CCN(CCCN)CCCN)OCCCCCOP(=O)(CCN(CCCN)CCCN)OCCC/C=C\CC.Cl.Cl.Cl.Cl.Cl.Cl. The first-order valence-electron chi connectivity index (χ1n) is 19.1. The molecule has 0 aromatic rings. The Hall–Kier alpha value is 1.28. The molecule has 0 rings (SSSR count). The van der Waals surface area contributed by atoms with Crippen LogP contribution in [-0.4, -0.2) is 114 Å². The number of unbranched alkanes of at least 4 members (excludes halogenated alkanes) is 4. The van der Waals surface area contributed by atoms with E-state index in [1.54, 1.807) is 0 Å². The van der Waals surface area contributed by atoms with Crippen LogP contribution in [0.2, 0.25) is 0 Å². The van der Waals surface area contributed by atoms with Crippen LogP contribution in [0.5, 0.6) is 0 Å². The van der Waals surface area contributed by atoms with Gasteiger partial charge in [-0.3, -0.25) is 9.13 Å². The van der Waals surface area contributed by atoms with E-state index in [1.165, 1.54) is 0 Å². The Bertz CT molecular complexity index is 829. The summed E-state index contributed by atoms with van der Waals surface area (Å²) in [4.78, 5) is 4.50. The third kappa shape index (κ3) is 44.7. The minimum atomic E-state index is -3.28. The van der Waals surface area contributed by atoms with E-state index in [2.05, 4.69) is 48.0 Å². The molecule has 0 radical (unpaired) electrons. The van der Waals surface area contributed by atoms with Crippen LogP contribution in [0.1, 0.15) is 97.3 Å². The highest BCUT2D eigenvalue weighted by atomic mass is 35.5. The van der Waals surface area contributed by atoms with E-state index < -0.39 is 15.2 Å². The van der Waals surface area contributed by atoms with Gasteiger partial charge in [0.25, 0.3) is 0 Å². The average molecular weight is 958 g/mol. The van der Waals surface area contributed by atoms with E-state index in [4.69, 9.17) is 41.0 Å². The molecule has 0 heterocycles. The minimum absolute atomic E-state index is 0. The number of rotatable bonds is 38. The zero-order chi connectivity index (χ0) is 36.3. The molecule has 0 aromatic carbocycles. The van der Waals surface area contributed by atoms with Gasteiger partial charge in [0.05, 0.1) is 38.8 Å². The molecule has 2 unspecified atom stereocenters. The van der Waals surface area contributed by atoms with Crippen molar-refractivity contribution >= 4 is 89.6 Å². The minimum Gasteiger partial charge on any atom is -0.330 e. The number of hydrogen-bond donors (Lipinski definition) is 4. The first-order valence-corrected chi connectivity index (χ1v) is 22.6. The van der Waals surface area contributed by atoms with Crippen molar-refractivity contribution in [3.8, 4) is 0 Å². The van der Waals surface area contributed by atoms with E-state index in [-0.39, 0.29) is 74.4 Å². The Morgan fingerprint density at radius 1 is 0.418 bits per heavy atom. The lowest BCUT2D eigenvalue weighted by Gasteiger charge is -2.25. The van der Waals surface area contributed by atoms with Crippen LogP contribution < -0.4 is 22.9 Å². The van der Waals surface area contributed by atoms with Gasteiger partial charge in [-0.15, -0.1) is 74.4 Å². The fraction of sp³-hybridized carbons (Fsp3) is 0.886. The quantitative estimate of drug-likeness (QED) is 0.0263. The molecule has 0 aliphatic heterocycles. The fourth-order valence-electron chi connectivity index (χ4n) is 4.96. The lowest BCUT2D eigenvalue weighted by atomic mass is 10.2. The second-order valence-corrected chi connectivity index (χ2v) is 16.7. The third-order valence-corrected chi connectivity index (χ3v) is 11.7. The summed E-state index contributed by atoms with van der Waals surface area (Å²) in [6.07, 6.45) is 20.2. The number of nitrogens with two attached hydrogens (primary N) is 4. The van der Waals surface area contributed by atoms with Crippen LogP contribution in [0, 0.1) is 0 Å². The summed E-state index contributed by atoms with van der Waals surface area (Å²) < 4.78 is 51.4. The van der Waals surface area contributed by atoms with E-state index >= 15 is 0 Å². The molecule has 340 valence electrons. The highest BCUT2D eigenvalue weighted by Crippen LogP contribution is 2.49.